The highest BCUT2D eigenvalue weighted by molar-refractivity contribution is 6.06. The number of rotatable bonds is 3. The summed E-state index contributed by atoms with van der Waals surface area (Å²) in [6.07, 6.45) is 2.30. The minimum atomic E-state index is -0.365. The van der Waals surface area contributed by atoms with Crippen LogP contribution >= 0.6 is 0 Å². The summed E-state index contributed by atoms with van der Waals surface area (Å²) in [7, 11) is 0. The first-order valence-corrected chi connectivity index (χ1v) is 6.57. The van der Waals surface area contributed by atoms with Crippen LogP contribution in [0.1, 0.15) is 34.7 Å². The van der Waals surface area contributed by atoms with Gasteiger partial charge in [-0.25, -0.2) is 0 Å². The fraction of sp³-hybridized carbons (Fsp3) is 0.188. The number of nitrogens with one attached hydrogen (secondary N) is 1. The van der Waals surface area contributed by atoms with Crippen molar-refractivity contribution in [3.63, 3.8) is 0 Å². The van der Waals surface area contributed by atoms with Crippen LogP contribution in [0.5, 0.6) is 11.5 Å². The van der Waals surface area contributed by atoms with Crippen molar-refractivity contribution in [2.45, 2.75) is 18.8 Å². The smallest absolute Gasteiger partial charge is 0.259 e. The van der Waals surface area contributed by atoms with Crippen molar-refractivity contribution >= 4 is 11.6 Å². The van der Waals surface area contributed by atoms with Crippen molar-refractivity contribution in [1.29, 1.82) is 0 Å². The lowest BCUT2D eigenvalue weighted by molar-refractivity contribution is 0.102. The van der Waals surface area contributed by atoms with E-state index in [0.29, 0.717) is 11.6 Å². The van der Waals surface area contributed by atoms with Crippen LogP contribution in [-0.2, 0) is 0 Å². The number of aromatic hydroxyl groups is 2. The summed E-state index contributed by atoms with van der Waals surface area (Å²) in [5.74, 6) is 0.316. The molecule has 0 aromatic heterocycles. The molecule has 1 fully saturated rings. The summed E-state index contributed by atoms with van der Waals surface area (Å²) < 4.78 is 0. The fourth-order valence-corrected chi connectivity index (χ4v) is 2.15. The Morgan fingerprint density at radius 3 is 2.35 bits per heavy atom. The zero-order valence-electron chi connectivity index (χ0n) is 10.8. The molecule has 3 rings (SSSR count). The number of benzene rings is 2. The van der Waals surface area contributed by atoms with E-state index in [2.05, 4.69) is 5.32 Å². The molecule has 1 amide bonds. The monoisotopic (exact) mass is 269 g/mol. The van der Waals surface area contributed by atoms with Gasteiger partial charge in [-0.2, -0.15) is 0 Å². The van der Waals surface area contributed by atoms with E-state index in [-0.39, 0.29) is 23.0 Å². The Balaban J connectivity index is 1.78. The second-order valence-corrected chi connectivity index (χ2v) is 5.05. The van der Waals surface area contributed by atoms with Crippen LogP contribution in [0, 0.1) is 0 Å². The van der Waals surface area contributed by atoms with Gasteiger partial charge in [0.15, 0.2) is 0 Å². The molecule has 1 aliphatic rings. The van der Waals surface area contributed by atoms with Crippen molar-refractivity contribution in [3.8, 4) is 11.5 Å². The molecule has 0 saturated heterocycles. The number of carbonyl (C=O) groups excluding carboxylic acids is 1. The van der Waals surface area contributed by atoms with Gasteiger partial charge in [-0.05, 0) is 60.7 Å². The van der Waals surface area contributed by atoms with E-state index in [1.807, 2.05) is 6.07 Å². The Morgan fingerprint density at radius 2 is 1.75 bits per heavy atom. The number of hydrogen-bond acceptors (Lipinski definition) is 3. The van der Waals surface area contributed by atoms with E-state index in [0.717, 1.165) is 18.4 Å². The lowest BCUT2D eigenvalue weighted by atomic mass is 10.1. The van der Waals surface area contributed by atoms with Gasteiger partial charge in [0.05, 0.1) is 5.56 Å². The molecule has 0 radical (unpaired) electrons. The number of anilines is 1. The van der Waals surface area contributed by atoms with Gasteiger partial charge in [0, 0.05) is 5.69 Å². The minimum Gasteiger partial charge on any atom is -0.508 e. The highest BCUT2D eigenvalue weighted by Crippen LogP contribution is 2.41. The summed E-state index contributed by atoms with van der Waals surface area (Å²) in [5.41, 5.74) is 1.91. The zero-order valence-corrected chi connectivity index (χ0v) is 10.8. The van der Waals surface area contributed by atoms with Gasteiger partial charge in [0.2, 0.25) is 0 Å². The highest BCUT2D eigenvalue weighted by Gasteiger charge is 2.24. The Labute approximate surface area is 116 Å². The van der Waals surface area contributed by atoms with Crippen LogP contribution in [0.2, 0.25) is 0 Å². The average molecular weight is 269 g/mol. The van der Waals surface area contributed by atoms with Crippen molar-refractivity contribution < 1.29 is 15.0 Å². The molecule has 0 aliphatic heterocycles. The van der Waals surface area contributed by atoms with E-state index >= 15 is 0 Å². The summed E-state index contributed by atoms with van der Waals surface area (Å²) in [6, 6.07) is 11.4. The molecule has 0 heterocycles. The third kappa shape index (κ3) is 2.59. The maximum absolute atomic E-state index is 12.1. The lowest BCUT2D eigenvalue weighted by Crippen LogP contribution is -2.12. The average Bonchev–Trinajstić information content (AvgIpc) is 3.25. The summed E-state index contributed by atoms with van der Waals surface area (Å²) in [6.45, 7) is 0. The minimum absolute atomic E-state index is 0.00526. The molecular formula is C16H15NO3. The van der Waals surface area contributed by atoms with Crippen molar-refractivity contribution in [2.75, 3.05) is 5.32 Å². The first-order valence-electron chi connectivity index (χ1n) is 6.57. The molecule has 4 nitrogen and oxygen atoms in total. The summed E-state index contributed by atoms with van der Waals surface area (Å²) in [5, 5.41) is 21.8. The largest absolute Gasteiger partial charge is 0.508 e. The Bertz CT molecular complexity index is 645. The van der Waals surface area contributed by atoms with E-state index in [4.69, 9.17) is 0 Å². The molecule has 3 N–H and O–H groups in total. The number of phenolic OH excluding ortho intramolecular Hbond substituents is 2. The van der Waals surface area contributed by atoms with Gasteiger partial charge < -0.3 is 15.5 Å². The molecule has 0 spiro atoms. The molecular weight excluding hydrogens is 254 g/mol. The van der Waals surface area contributed by atoms with E-state index in [1.54, 1.807) is 24.3 Å². The van der Waals surface area contributed by atoms with Crippen LogP contribution in [0.15, 0.2) is 42.5 Å². The third-order valence-electron chi connectivity index (χ3n) is 3.44. The number of phenols is 2. The maximum Gasteiger partial charge on any atom is 0.259 e. The number of hydrogen-bond donors (Lipinski definition) is 3. The highest BCUT2D eigenvalue weighted by atomic mass is 16.3. The number of amides is 1. The van der Waals surface area contributed by atoms with Gasteiger partial charge in [0.1, 0.15) is 11.5 Å². The van der Waals surface area contributed by atoms with Crippen LogP contribution in [0.3, 0.4) is 0 Å². The molecule has 2 aromatic carbocycles. The second kappa shape index (κ2) is 4.89. The SMILES string of the molecule is O=C(Nc1ccc(O)cc1)c1ccc(C2CC2)cc1O. The quantitative estimate of drug-likeness (QED) is 0.749. The molecule has 1 saturated carbocycles. The summed E-state index contributed by atoms with van der Waals surface area (Å²) in [4.78, 5) is 12.1. The standard InChI is InChI=1S/C16H15NO3/c18-13-6-4-12(5-7-13)17-16(20)14-8-3-11(9-15(14)19)10-1-2-10/h3-10,18-19H,1-2H2,(H,17,20). The van der Waals surface area contributed by atoms with Crippen LogP contribution in [0.4, 0.5) is 5.69 Å². The van der Waals surface area contributed by atoms with Gasteiger partial charge in [0.25, 0.3) is 5.91 Å². The molecule has 0 atom stereocenters. The normalized spacial score (nSPS) is 14.0. The first kappa shape index (κ1) is 12.5. The molecule has 1 aliphatic carbocycles. The van der Waals surface area contributed by atoms with Crippen molar-refractivity contribution in [1.82, 2.24) is 0 Å². The molecule has 20 heavy (non-hydrogen) atoms. The van der Waals surface area contributed by atoms with E-state index in [1.165, 1.54) is 12.1 Å². The van der Waals surface area contributed by atoms with Crippen LogP contribution < -0.4 is 5.32 Å². The van der Waals surface area contributed by atoms with Gasteiger partial charge in [-0.15, -0.1) is 0 Å². The van der Waals surface area contributed by atoms with Crippen molar-refractivity contribution in [2.24, 2.45) is 0 Å². The Morgan fingerprint density at radius 1 is 1.05 bits per heavy atom. The lowest BCUT2D eigenvalue weighted by Gasteiger charge is -2.08. The molecule has 0 unspecified atom stereocenters. The second-order valence-electron chi connectivity index (χ2n) is 5.05. The van der Waals surface area contributed by atoms with Gasteiger partial charge in [-0.3, -0.25) is 4.79 Å². The molecule has 2 aromatic rings. The molecule has 0 bridgehead atoms. The third-order valence-corrected chi connectivity index (χ3v) is 3.44. The van der Waals surface area contributed by atoms with E-state index < -0.39 is 0 Å². The predicted octanol–water partition coefficient (Wildman–Crippen LogP) is 3.23. The fourth-order valence-electron chi connectivity index (χ4n) is 2.15. The van der Waals surface area contributed by atoms with Gasteiger partial charge >= 0.3 is 0 Å². The van der Waals surface area contributed by atoms with Crippen LogP contribution in [-0.4, -0.2) is 16.1 Å². The van der Waals surface area contributed by atoms with E-state index in [9.17, 15) is 15.0 Å². The molecule has 102 valence electrons. The van der Waals surface area contributed by atoms with Crippen molar-refractivity contribution in [3.05, 3.63) is 53.6 Å². The first-order chi connectivity index (χ1) is 9.63. The van der Waals surface area contributed by atoms with Gasteiger partial charge in [-0.1, -0.05) is 6.07 Å². The maximum atomic E-state index is 12.1. The summed E-state index contributed by atoms with van der Waals surface area (Å²) >= 11 is 0. The number of carbonyl (C=O) groups is 1. The predicted molar refractivity (Wildman–Crippen MR) is 76.1 cm³/mol. The Hall–Kier alpha value is -2.49. The topological polar surface area (TPSA) is 69.6 Å². The molecule has 4 heteroatoms. The zero-order chi connectivity index (χ0) is 14.1. The van der Waals surface area contributed by atoms with Crippen LogP contribution in [0.25, 0.3) is 0 Å². The Kier molecular flexibility index (Phi) is 3.06.